The largest absolute Gasteiger partial charge is 0.466 e. The molecule has 1 saturated heterocycles. The van der Waals surface area contributed by atoms with Crippen LogP contribution in [0.5, 0.6) is 0 Å². The second kappa shape index (κ2) is 5.98. The highest BCUT2D eigenvalue weighted by atomic mass is 16.7. The van der Waals surface area contributed by atoms with E-state index in [1.54, 1.807) is 6.92 Å². The summed E-state index contributed by atoms with van der Waals surface area (Å²) < 4.78 is 15.6. The van der Waals surface area contributed by atoms with Crippen molar-refractivity contribution < 1.29 is 19.0 Å². The monoisotopic (exact) mass is 202 g/mol. The van der Waals surface area contributed by atoms with E-state index in [2.05, 4.69) is 0 Å². The summed E-state index contributed by atoms with van der Waals surface area (Å²) in [6.07, 6.45) is 1.28. The van der Waals surface area contributed by atoms with E-state index in [9.17, 15) is 4.79 Å². The molecule has 4 nitrogen and oxygen atoms in total. The molecular formula is C10H18O4. The van der Waals surface area contributed by atoms with Crippen LogP contribution < -0.4 is 0 Å². The third-order valence-electron chi connectivity index (χ3n) is 2.17. The molecule has 14 heavy (non-hydrogen) atoms. The van der Waals surface area contributed by atoms with Crippen LogP contribution in [0, 0.1) is 5.92 Å². The number of carbonyl (C=O) groups excluding carboxylic acids is 1. The molecule has 0 radical (unpaired) electrons. The van der Waals surface area contributed by atoms with E-state index in [0.29, 0.717) is 19.8 Å². The normalized spacial score (nSPS) is 19.6. The van der Waals surface area contributed by atoms with Crippen molar-refractivity contribution in [3.8, 4) is 0 Å². The first kappa shape index (κ1) is 11.5. The number of carbonyl (C=O) groups is 1. The summed E-state index contributed by atoms with van der Waals surface area (Å²) in [5, 5.41) is 0. The molecule has 1 heterocycles. The molecule has 0 aromatic rings. The summed E-state index contributed by atoms with van der Waals surface area (Å²) >= 11 is 0. The van der Waals surface area contributed by atoms with E-state index in [4.69, 9.17) is 14.2 Å². The molecule has 1 aliphatic rings. The molecule has 0 spiro atoms. The summed E-state index contributed by atoms with van der Waals surface area (Å²) in [6, 6.07) is 0. The summed E-state index contributed by atoms with van der Waals surface area (Å²) in [7, 11) is 0. The van der Waals surface area contributed by atoms with Crippen molar-refractivity contribution in [1.82, 2.24) is 0 Å². The molecule has 4 heteroatoms. The average Bonchev–Trinajstić information content (AvgIpc) is 2.67. The van der Waals surface area contributed by atoms with E-state index in [1.165, 1.54) is 0 Å². The SMILES string of the molecule is CCCC(C(=O)OCC)C1OCCO1. The lowest BCUT2D eigenvalue weighted by atomic mass is 10.0. The Kier molecular flexibility index (Phi) is 4.90. The minimum atomic E-state index is -0.394. The molecule has 0 aromatic carbocycles. The van der Waals surface area contributed by atoms with Gasteiger partial charge in [0, 0.05) is 0 Å². The minimum absolute atomic E-state index is 0.207. The van der Waals surface area contributed by atoms with Gasteiger partial charge in [-0.2, -0.15) is 0 Å². The lowest BCUT2D eigenvalue weighted by molar-refractivity contribution is -0.164. The van der Waals surface area contributed by atoms with Crippen molar-refractivity contribution in [3.05, 3.63) is 0 Å². The van der Waals surface area contributed by atoms with Crippen molar-refractivity contribution in [2.75, 3.05) is 19.8 Å². The van der Waals surface area contributed by atoms with Gasteiger partial charge in [-0.1, -0.05) is 13.3 Å². The summed E-state index contributed by atoms with van der Waals surface area (Å²) in [4.78, 5) is 11.5. The topological polar surface area (TPSA) is 44.8 Å². The van der Waals surface area contributed by atoms with Crippen molar-refractivity contribution in [2.45, 2.75) is 33.0 Å². The summed E-state index contributed by atoms with van der Waals surface area (Å²) in [6.45, 7) is 5.39. The van der Waals surface area contributed by atoms with Gasteiger partial charge in [0.05, 0.1) is 19.8 Å². The highest BCUT2D eigenvalue weighted by Crippen LogP contribution is 2.20. The predicted molar refractivity (Wildman–Crippen MR) is 50.7 cm³/mol. The number of hydrogen-bond acceptors (Lipinski definition) is 4. The van der Waals surface area contributed by atoms with Gasteiger partial charge in [0.25, 0.3) is 0 Å². The molecule has 0 aromatic heterocycles. The molecule has 1 fully saturated rings. The molecule has 0 saturated carbocycles. The van der Waals surface area contributed by atoms with E-state index in [0.717, 1.165) is 12.8 Å². The maximum Gasteiger partial charge on any atom is 0.314 e. The Labute approximate surface area is 84.5 Å². The van der Waals surface area contributed by atoms with Crippen LogP contribution >= 0.6 is 0 Å². The Morgan fingerprint density at radius 2 is 2.07 bits per heavy atom. The zero-order chi connectivity index (χ0) is 10.4. The highest BCUT2D eigenvalue weighted by molar-refractivity contribution is 5.72. The van der Waals surface area contributed by atoms with Crippen LogP contribution in [0.4, 0.5) is 0 Å². The standard InChI is InChI=1S/C10H18O4/c1-3-5-8(9(11)12-4-2)10-13-6-7-14-10/h8,10H,3-7H2,1-2H3. The van der Waals surface area contributed by atoms with Crippen molar-refractivity contribution >= 4 is 5.97 Å². The molecule has 1 unspecified atom stereocenters. The summed E-state index contributed by atoms with van der Waals surface area (Å²) in [5.74, 6) is -0.469. The molecule has 0 N–H and O–H groups in total. The van der Waals surface area contributed by atoms with Crippen LogP contribution in [-0.4, -0.2) is 32.1 Å². The van der Waals surface area contributed by atoms with Gasteiger partial charge in [0.1, 0.15) is 5.92 Å². The Balaban J connectivity index is 2.48. The van der Waals surface area contributed by atoms with Gasteiger partial charge >= 0.3 is 5.97 Å². The zero-order valence-electron chi connectivity index (χ0n) is 8.82. The Morgan fingerprint density at radius 3 is 2.57 bits per heavy atom. The first-order valence-electron chi connectivity index (χ1n) is 5.19. The van der Waals surface area contributed by atoms with E-state index in [-0.39, 0.29) is 11.9 Å². The van der Waals surface area contributed by atoms with Gasteiger partial charge in [-0.05, 0) is 13.3 Å². The molecule has 0 amide bonds. The van der Waals surface area contributed by atoms with Gasteiger partial charge < -0.3 is 14.2 Å². The lowest BCUT2D eigenvalue weighted by Gasteiger charge is -2.19. The Morgan fingerprint density at radius 1 is 1.43 bits per heavy atom. The predicted octanol–water partition coefficient (Wildman–Crippen LogP) is 1.34. The second-order valence-corrected chi connectivity index (χ2v) is 3.26. The molecular weight excluding hydrogens is 184 g/mol. The number of esters is 1. The number of ether oxygens (including phenoxy) is 3. The quantitative estimate of drug-likeness (QED) is 0.631. The van der Waals surface area contributed by atoms with E-state index < -0.39 is 6.29 Å². The molecule has 0 bridgehead atoms. The van der Waals surface area contributed by atoms with Crippen LogP contribution in [0.1, 0.15) is 26.7 Å². The number of hydrogen-bond donors (Lipinski definition) is 0. The third-order valence-corrected chi connectivity index (χ3v) is 2.17. The first-order valence-corrected chi connectivity index (χ1v) is 5.19. The molecule has 1 atom stereocenters. The third kappa shape index (κ3) is 2.96. The smallest absolute Gasteiger partial charge is 0.314 e. The second-order valence-electron chi connectivity index (χ2n) is 3.26. The Bertz CT molecular complexity index is 175. The molecule has 0 aliphatic carbocycles. The highest BCUT2D eigenvalue weighted by Gasteiger charge is 2.32. The maximum atomic E-state index is 11.5. The van der Waals surface area contributed by atoms with Gasteiger partial charge in [-0.3, -0.25) is 4.79 Å². The Hall–Kier alpha value is -0.610. The summed E-state index contributed by atoms with van der Waals surface area (Å²) in [5.41, 5.74) is 0. The fourth-order valence-corrected chi connectivity index (χ4v) is 1.53. The van der Waals surface area contributed by atoms with E-state index in [1.807, 2.05) is 6.92 Å². The van der Waals surface area contributed by atoms with Crippen LogP contribution in [0.2, 0.25) is 0 Å². The number of rotatable bonds is 5. The zero-order valence-corrected chi connectivity index (χ0v) is 8.82. The average molecular weight is 202 g/mol. The van der Waals surface area contributed by atoms with E-state index >= 15 is 0 Å². The van der Waals surface area contributed by atoms with Crippen LogP contribution in [0.3, 0.4) is 0 Å². The van der Waals surface area contributed by atoms with Gasteiger partial charge in [-0.25, -0.2) is 0 Å². The van der Waals surface area contributed by atoms with Crippen molar-refractivity contribution in [1.29, 1.82) is 0 Å². The van der Waals surface area contributed by atoms with Gasteiger partial charge in [0.15, 0.2) is 6.29 Å². The molecule has 82 valence electrons. The van der Waals surface area contributed by atoms with Crippen LogP contribution in [0.15, 0.2) is 0 Å². The van der Waals surface area contributed by atoms with Crippen molar-refractivity contribution in [2.24, 2.45) is 5.92 Å². The first-order chi connectivity index (χ1) is 6.79. The molecule has 1 rings (SSSR count). The van der Waals surface area contributed by atoms with Crippen LogP contribution in [0.25, 0.3) is 0 Å². The molecule has 1 aliphatic heterocycles. The van der Waals surface area contributed by atoms with Gasteiger partial charge in [0.2, 0.25) is 0 Å². The minimum Gasteiger partial charge on any atom is -0.466 e. The fourth-order valence-electron chi connectivity index (χ4n) is 1.53. The lowest BCUT2D eigenvalue weighted by Crippen LogP contribution is -2.30. The van der Waals surface area contributed by atoms with Crippen LogP contribution in [-0.2, 0) is 19.0 Å². The van der Waals surface area contributed by atoms with Gasteiger partial charge in [-0.15, -0.1) is 0 Å². The van der Waals surface area contributed by atoms with Crippen molar-refractivity contribution in [3.63, 3.8) is 0 Å². The fraction of sp³-hybridized carbons (Fsp3) is 0.900. The maximum absolute atomic E-state index is 11.5.